The number of nitrogens with zero attached hydrogens (tertiary/aromatic N) is 1. The van der Waals surface area contributed by atoms with Gasteiger partial charge in [0, 0.05) is 22.0 Å². The first-order valence-electron chi connectivity index (χ1n) is 8.24. The Morgan fingerprint density at radius 2 is 2.04 bits per heavy atom. The number of nitro benzene ring substituents is 1. The molecule has 0 aromatic heterocycles. The van der Waals surface area contributed by atoms with Gasteiger partial charge in [-0.15, -0.1) is 0 Å². The van der Waals surface area contributed by atoms with E-state index in [-0.39, 0.29) is 23.6 Å². The molecule has 0 unspecified atom stereocenters. The number of hydrogen-bond acceptors (Lipinski definition) is 4. The zero-order chi connectivity index (χ0) is 18.4. The maximum atomic E-state index is 11.3. The topological polar surface area (TPSA) is 64.4 Å². The van der Waals surface area contributed by atoms with Gasteiger partial charge in [0.25, 0.3) is 5.69 Å². The van der Waals surface area contributed by atoms with Crippen LogP contribution in [0.3, 0.4) is 0 Å². The maximum Gasteiger partial charge on any atom is 0.273 e. The van der Waals surface area contributed by atoms with E-state index in [4.69, 9.17) is 27.9 Å². The number of halogens is 2. The van der Waals surface area contributed by atoms with Crippen LogP contribution in [0.25, 0.3) is 0 Å². The first-order valence-corrected chi connectivity index (χ1v) is 8.99. The van der Waals surface area contributed by atoms with Gasteiger partial charge in [-0.3, -0.25) is 10.1 Å². The molecule has 0 fully saturated rings. The van der Waals surface area contributed by atoms with Crippen LogP contribution in [0.1, 0.15) is 29.5 Å². The summed E-state index contributed by atoms with van der Waals surface area (Å²) in [4.78, 5) is 10.9. The van der Waals surface area contributed by atoms with Crippen molar-refractivity contribution < 1.29 is 9.66 Å². The predicted octanol–water partition coefficient (Wildman–Crippen LogP) is 5.74. The molecule has 1 N–H and O–H groups in total. The number of anilines is 1. The fraction of sp³-hybridized carbons (Fsp3) is 0.263. The highest BCUT2D eigenvalue weighted by molar-refractivity contribution is 6.35. The lowest BCUT2D eigenvalue weighted by molar-refractivity contribution is -0.385. The van der Waals surface area contributed by atoms with Crippen LogP contribution in [0.4, 0.5) is 11.4 Å². The third-order valence-corrected chi connectivity index (χ3v) is 5.71. The molecule has 3 atom stereocenters. The van der Waals surface area contributed by atoms with E-state index in [1.807, 2.05) is 12.1 Å². The lowest BCUT2D eigenvalue weighted by Gasteiger charge is -2.38. The standard InChI is InChI=1S/C19H16Cl2N2O3/c1-26-17-9-11(23(24)25)8-15-12-3-2-4-13(12)18(22-19(15)17)14-6-5-10(20)7-16(14)21/h2-3,5-9,12-13,18,22H,4H2,1H3/t12-,13-,18-/m1/s1. The number of allylic oxidation sites excluding steroid dienone is 2. The molecule has 2 aromatic rings. The highest BCUT2D eigenvalue weighted by atomic mass is 35.5. The van der Waals surface area contributed by atoms with Crippen LogP contribution in [0.2, 0.25) is 10.0 Å². The van der Waals surface area contributed by atoms with Crippen molar-refractivity contribution in [2.45, 2.75) is 18.4 Å². The zero-order valence-corrected chi connectivity index (χ0v) is 15.4. The van der Waals surface area contributed by atoms with Crippen LogP contribution in [0, 0.1) is 16.0 Å². The molecule has 5 nitrogen and oxygen atoms in total. The van der Waals surface area contributed by atoms with Crippen LogP contribution >= 0.6 is 23.2 Å². The monoisotopic (exact) mass is 390 g/mol. The van der Waals surface area contributed by atoms with Gasteiger partial charge in [-0.05, 0) is 35.6 Å². The summed E-state index contributed by atoms with van der Waals surface area (Å²) in [6.45, 7) is 0. The van der Waals surface area contributed by atoms with Crippen molar-refractivity contribution in [2.75, 3.05) is 12.4 Å². The van der Waals surface area contributed by atoms with Crippen LogP contribution in [0.5, 0.6) is 5.75 Å². The molecule has 1 aliphatic heterocycles. The Bertz CT molecular complexity index is 929. The van der Waals surface area contributed by atoms with Crippen molar-refractivity contribution in [2.24, 2.45) is 5.92 Å². The summed E-state index contributed by atoms with van der Waals surface area (Å²) < 4.78 is 5.44. The molecule has 26 heavy (non-hydrogen) atoms. The lowest BCUT2D eigenvalue weighted by atomic mass is 9.76. The van der Waals surface area contributed by atoms with E-state index >= 15 is 0 Å². The van der Waals surface area contributed by atoms with E-state index in [1.54, 1.807) is 12.1 Å². The number of hydrogen-bond donors (Lipinski definition) is 1. The largest absolute Gasteiger partial charge is 0.494 e. The summed E-state index contributed by atoms with van der Waals surface area (Å²) in [6, 6.07) is 8.54. The third kappa shape index (κ3) is 2.72. The Morgan fingerprint density at radius 3 is 2.73 bits per heavy atom. The van der Waals surface area contributed by atoms with Crippen LogP contribution < -0.4 is 10.1 Å². The number of ether oxygens (including phenoxy) is 1. The molecule has 0 saturated heterocycles. The van der Waals surface area contributed by atoms with Crippen molar-refractivity contribution in [1.82, 2.24) is 0 Å². The Balaban J connectivity index is 1.86. The molecule has 0 amide bonds. The smallest absolute Gasteiger partial charge is 0.273 e. The van der Waals surface area contributed by atoms with Crippen LogP contribution in [0.15, 0.2) is 42.5 Å². The van der Waals surface area contributed by atoms with Gasteiger partial charge in [0.05, 0.1) is 29.8 Å². The van der Waals surface area contributed by atoms with E-state index in [0.29, 0.717) is 15.8 Å². The van der Waals surface area contributed by atoms with Gasteiger partial charge in [0.2, 0.25) is 0 Å². The molecule has 0 saturated carbocycles. The van der Waals surface area contributed by atoms with Crippen molar-refractivity contribution in [3.05, 3.63) is 73.8 Å². The van der Waals surface area contributed by atoms with Gasteiger partial charge in [-0.25, -0.2) is 0 Å². The molecular weight excluding hydrogens is 375 g/mol. The molecule has 7 heteroatoms. The second-order valence-corrected chi connectivity index (χ2v) is 7.35. The van der Waals surface area contributed by atoms with Gasteiger partial charge in [0.15, 0.2) is 0 Å². The number of benzene rings is 2. The van der Waals surface area contributed by atoms with Gasteiger partial charge >= 0.3 is 0 Å². The first-order chi connectivity index (χ1) is 12.5. The number of nitro groups is 1. The maximum absolute atomic E-state index is 11.3. The number of methoxy groups -OCH3 is 1. The summed E-state index contributed by atoms with van der Waals surface area (Å²) in [5.74, 6) is 0.743. The first kappa shape index (κ1) is 17.2. The number of rotatable bonds is 3. The Morgan fingerprint density at radius 1 is 1.23 bits per heavy atom. The molecule has 1 aliphatic carbocycles. The number of fused-ring (bicyclic) bond motifs is 3. The van der Waals surface area contributed by atoms with E-state index in [2.05, 4.69) is 17.5 Å². The minimum Gasteiger partial charge on any atom is -0.494 e. The minimum absolute atomic E-state index is 0.0319. The molecule has 0 spiro atoms. The third-order valence-electron chi connectivity index (χ3n) is 5.15. The fourth-order valence-electron chi connectivity index (χ4n) is 3.98. The molecule has 4 rings (SSSR count). The van der Waals surface area contributed by atoms with Crippen LogP contribution in [-0.4, -0.2) is 12.0 Å². The molecule has 0 bridgehead atoms. The highest BCUT2D eigenvalue weighted by Gasteiger charge is 2.40. The zero-order valence-electron chi connectivity index (χ0n) is 13.9. The van der Waals surface area contributed by atoms with E-state index < -0.39 is 4.92 Å². The Hall–Kier alpha value is -2.24. The van der Waals surface area contributed by atoms with Gasteiger partial charge in [0.1, 0.15) is 5.75 Å². The van der Waals surface area contributed by atoms with E-state index in [0.717, 1.165) is 23.2 Å². The Labute approximate surface area is 160 Å². The van der Waals surface area contributed by atoms with Crippen molar-refractivity contribution in [1.29, 1.82) is 0 Å². The molecular formula is C19H16Cl2N2O3. The van der Waals surface area contributed by atoms with Gasteiger partial charge in [-0.2, -0.15) is 0 Å². The lowest BCUT2D eigenvalue weighted by Crippen LogP contribution is -2.29. The van der Waals surface area contributed by atoms with Gasteiger partial charge in [-0.1, -0.05) is 41.4 Å². The second-order valence-electron chi connectivity index (χ2n) is 6.51. The van der Waals surface area contributed by atoms with Crippen molar-refractivity contribution >= 4 is 34.6 Å². The van der Waals surface area contributed by atoms with Crippen molar-refractivity contribution in [3.63, 3.8) is 0 Å². The predicted molar refractivity (Wildman–Crippen MR) is 102 cm³/mol. The average molecular weight is 391 g/mol. The fourth-order valence-corrected chi connectivity index (χ4v) is 4.51. The minimum atomic E-state index is -0.390. The molecule has 1 heterocycles. The summed E-state index contributed by atoms with van der Waals surface area (Å²) in [7, 11) is 1.52. The number of non-ortho nitro benzene ring substituents is 1. The summed E-state index contributed by atoms with van der Waals surface area (Å²) in [5, 5.41) is 16.0. The number of nitrogens with one attached hydrogen (secondary N) is 1. The normalized spacial score (nSPS) is 23.1. The summed E-state index contributed by atoms with van der Waals surface area (Å²) in [5.41, 5.74) is 2.66. The second kappa shape index (κ2) is 6.49. The van der Waals surface area contributed by atoms with Gasteiger partial charge < -0.3 is 10.1 Å². The average Bonchev–Trinajstić information content (AvgIpc) is 3.10. The molecule has 0 radical (unpaired) electrons. The summed E-state index contributed by atoms with van der Waals surface area (Å²) in [6.07, 6.45) is 5.10. The quantitative estimate of drug-likeness (QED) is 0.412. The van der Waals surface area contributed by atoms with Crippen molar-refractivity contribution in [3.8, 4) is 5.75 Å². The van der Waals surface area contributed by atoms with Crippen LogP contribution in [-0.2, 0) is 0 Å². The summed E-state index contributed by atoms with van der Waals surface area (Å²) >= 11 is 12.5. The van der Waals surface area contributed by atoms with E-state index in [1.165, 1.54) is 13.2 Å². The SMILES string of the molecule is COc1cc([N+](=O)[O-])cc2c1N[C@@H](c1ccc(Cl)cc1Cl)[C@@H]1CC=C[C@@H]21. The molecule has 2 aliphatic rings. The molecule has 2 aromatic carbocycles. The Kier molecular flexibility index (Phi) is 4.29. The highest BCUT2D eigenvalue weighted by Crippen LogP contribution is 2.54. The molecule has 134 valence electrons. The van der Waals surface area contributed by atoms with E-state index in [9.17, 15) is 10.1 Å².